The molecule has 8 heteroatoms. The van der Waals surface area contributed by atoms with Crippen LogP contribution in [0.15, 0.2) is 102 Å². The highest BCUT2D eigenvalue weighted by molar-refractivity contribution is 7.99. The molecule has 0 radical (unpaired) electrons. The van der Waals surface area contributed by atoms with Gasteiger partial charge in [0.25, 0.3) is 0 Å². The summed E-state index contributed by atoms with van der Waals surface area (Å²) in [5.41, 5.74) is 5.32. The van der Waals surface area contributed by atoms with E-state index in [2.05, 4.69) is 20.5 Å². The van der Waals surface area contributed by atoms with Crippen LogP contribution in [0, 0.1) is 0 Å². The zero-order chi connectivity index (χ0) is 23.9. The predicted octanol–water partition coefficient (Wildman–Crippen LogP) is 6.45. The Kier molecular flexibility index (Phi) is 7.21. The van der Waals surface area contributed by atoms with E-state index in [1.807, 2.05) is 96.4 Å². The molecule has 0 aliphatic heterocycles. The largest absolute Gasteiger partial charge is 0.302 e. The van der Waals surface area contributed by atoms with Crippen molar-refractivity contribution in [2.45, 2.75) is 11.6 Å². The van der Waals surface area contributed by atoms with Crippen molar-refractivity contribution in [2.75, 3.05) is 11.1 Å². The number of benzene rings is 3. The van der Waals surface area contributed by atoms with Crippen molar-refractivity contribution in [2.24, 2.45) is 0 Å². The van der Waals surface area contributed by atoms with Crippen molar-refractivity contribution < 1.29 is 4.79 Å². The maximum Gasteiger partial charge on any atom is 0.226 e. The lowest BCUT2D eigenvalue weighted by Crippen LogP contribution is -2.12. The van der Waals surface area contributed by atoms with Crippen molar-refractivity contribution in [3.63, 3.8) is 0 Å². The summed E-state index contributed by atoms with van der Waals surface area (Å²) in [4.78, 5) is 21.8. The van der Waals surface area contributed by atoms with Gasteiger partial charge in [0.15, 0.2) is 5.13 Å². The molecule has 0 saturated heterocycles. The lowest BCUT2D eigenvalue weighted by molar-refractivity contribution is -0.115. The standard InChI is InChI=1S/C27H21N5OS2/c33-23(29-26-28-22(18-35-26)19-10-4-1-5-11-19)16-17-34-27-30-24(20-12-6-2-7-13-20)25(31-32-27)21-14-8-3-9-15-21/h1-15,18H,16-17H2,(H,28,29,33). The van der Waals surface area contributed by atoms with E-state index in [0.29, 0.717) is 22.5 Å². The highest BCUT2D eigenvalue weighted by atomic mass is 32.2. The van der Waals surface area contributed by atoms with Gasteiger partial charge in [0.1, 0.15) is 11.4 Å². The van der Waals surface area contributed by atoms with Crippen LogP contribution in [0.4, 0.5) is 5.13 Å². The summed E-state index contributed by atoms with van der Waals surface area (Å²) in [7, 11) is 0. The highest BCUT2D eigenvalue weighted by Crippen LogP contribution is 2.30. The van der Waals surface area contributed by atoms with Crippen LogP contribution in [0.3, 0.4) is 0 Å². The molecule has 6 nitrogen and oxygen atoms in total. The van der Waals surface area contributed by atoms with Gasteiger partial charge in [-0.15, -0.1) is 21.5 Å². The van der Waals surface area contributed by atoms with Gasteiger partial charge in [-0.05, 0) is 0 Å². The Morgan fingerprint density at radius 1 is 0.743 bits per heavy atom. The third-order valence-corrected chi connectivity index (χ3v) is 6.74. The molecule has 5 aromatic rings. The van der Waals surface area contributed by atoms with Crippen molar-refractivity contribution in [1.29, 1.82) is 0 Å². The van der Waals surface area contributed by atoms with E-state index < -0.39 is 0 Å². The van der Waals surface area contributed by atoms with E-state index in [9.17, 15) is 4.79 Å². The molecule has 0 atom stereocenters. The van der Waals surface area contributed by atoms with Gasteiger partial charge in [0, 0.05) is 34.2 Å². The third kappa shape index (κ3) is 5.79. The Morgan fingerprint density at radius 3 is 2.00 bits per heavy atom. The zero-order valence-electron chi connectivity index (χ0n) is 18.7. The Hall–Kier alpha value is -3.88. The number of aromatic nitrogens is 4. The second-order valence-electron chi connectivity index (χ2n) is 7.57. The minimum Gasteiger partial charge on any atom is -0.302 e. The predicted molar refractivity (Wildman–Crippen MR) is 142 cm³/mol. The minimum absolute atomic E-state index is 0.0939. The highest BCUT2D eigenvalue weighted by Gasteiger charge is 2.14. The second kappa shape index (κ2) is 11.0. The number of carbonyl (C=O) groups is 1. The molecule has 0 fully saturated rings. The first-order valence-corrected chi connectivity index (χ1v) is 12.9. The van der Waals surface area contributed by atoms with Crippen LogP contribution in [0.2, 0.25) is 0 Å². The monoisotopic (exact) mass is 495 g/mol. The molecule has 0 spiro atoms. The average molecular weight is 496 g/mol. The van der Waals surface area contributed by atoms with Crippen LogP contribution < -0.4 is 5.32 Å². The zero-order valence-corrected chi connectivity index (χ0v) is 20.3. The number of rotatable bonds is 8. The number of carbonyl (C=O) groups excluding carboxylic acids is 1. The molecule has 0 bridgehead atoms. The number of anilines is 1. The molecule has 2 aromatic heterocycles. The molecule has 0 aliphatic rings. The second-order valence-corrected chi connectivity index (χ2v) is 9.49. The molecule has 0 saturated carbocycles. The summed E-state index contributed by atoms with van der Waals surface area (Å²) in [6.07, 6.45) is 0.315. The lowest BCUT2D eigenvalue weighted by Gasteiger charge is -2.09. The van der Waals surface area contributed by atoms with Crippen LogP contribution in [-0.4, -0.2) is 31.8 Å². The Labute approximate surface area is 211 Å². The summed E-state index contributed by atoms with van der Waals surface area (Å²) in [5, 5.41) is 14.8. The van der Waals surface area contributed by atoms with E-state index in [1.54, 1.807) is 0 Å². The first-order chi connectivity index (χ1) is 17.3. The number of hydrogen-bond acceptors (Lipinski definition) is 7. The smallest absolute Gasteiger partial charge is 0.226 e. The first kappa shape index (κ1) is 22.9. The van der Waals surface area contributed by atoms with Gasteiger partial charge >= 0.3 is 0 Å². The Balaban J connectivity index is 1.24. The fourth-order valence-electron chi connectivity index (χ4n) is 3.45. The topological polar surface area (TPSA) is 80.7 Å². The van der Waals surface area contributed by atoms with Crippen LogP contribution in [0.25, 0.3) is 33.8 Å². The molecule has 0 unspecified atom stereocenters. The molecule has 35 heavy (non-hydrogen) atoms. The molecular formula is C27H21N5OS2. The van der Waals surface area contributed by atoms with Gasteiger partial charge in [-0.2, -0.15) is 0 Å². The number of hydrogen-bond donors (Lipinski definition) is 1. The molecule has 5 rings (SSSR count). The number of thiazole rings is 1. The molecule has 0 aliphatic carbocycles. The molecule has 1 N–H and O–H groups in total. The number of nitrogens with one attached hydrogen (secondary N) is 1. The minimum atomic E-state index is -0.0939. The van der Waals surface area contributed by atoms with Gasteiger partial charge in [-0.3, -0.25) is 4.79 Å². The average Bonchev–Trinajstić information content (AvgIpc) is 3.38. The van der Waals surface area contributed by atoms with Crippen molar-refractivity contribution >= 4 is 34.1 Å². The van der Waals surface area contributed by atoms with Crippen molar-refractivity contribution in [3.05, 3.63) is 96.4 Å². The fraction of sp³-hybridized carbons (Fsp3) is 0.0741. The summed E-state index contributed by atoms with van der Waals surface area (Å²) in [5.74, 6) is 0.437. The normalized spacial score (nSPS) is 10.7. The molecular weight excluding hydrogens is 474 g/mol. The van der Waals surface area contributed by atoms with E-state index in [1.165, 1.54) is 23.1 Å². The van der Waals surface area contributed by atoms with E-state index in [0.717, 1.165) is 33.8 Å². The van der Waals surface area contributed by atoms with Gasteiger partial charge in [0.05, 0.1) is 5.69 Å². The number of thioether (sulfide) groups is 1. The van der Waals surface area contributed by atoms with E-state index in [-0.39, 0.29) is 5.91 Å². The number of nitrogens with zero attached hydrogens (tertiary/aromatic N) is 4. The maximum absolute atomic E-state index is 12.5. The van der Waals surface area contributed by atoms with Crippen LogP contribution >= 0.6 is 23.1 Å². The third-order valence-electron chi connectivity index (χ3n) is 5.14. The maximum atomic E-state index is 12.5. The van der Waals surface area contributed by atoms with Crippen LogP contribution in [0.5, 0.6) is 0 Å². The summed E-state index contributed by atoms with van der Waals surface area (Å²) >= 11 is 2.83. The van der Waals surface area contributed by atoms with Gasteiger partial charge in [-0.25, -0.2) is 9.97 Å². The summed E-state index contributed by atoms with van der Waals surface area (Å²) < 4.78 is 0. The fourth-order valence-corrected chi connectivity index (χ4v) is 4.91. The summed E-state index contributed by atoms with van der Waals surface area (Å²) in [6, 6.07) is 29.8. The van der Waals surface area contributed by atoms with E-state index >= 15 is 0 Å². The van der Waals surface area contributed by atoms with Gasteiger partial charge in [0.2, 0.25) is 11.1 Å². The van der Waals surface area contributed by atoms with Crippen LogP contribution in [0.1, 0.15) is 6.42 Å². The molecule has 2 heterocycles. The Bertz CT molecular complexity index is 1410. The molecule has 172 valence electrons. The Morgan fingerprint density at radius 2 is 1.34 bits per heavy atom. The number of amides is 1. The SMILES string of the molecule is O=C(CCSc1nnc(-c2ccccc2)c(-c2ccccc2)n1)Nc1nc(-c2ccccc2)cs1. The van der Waals surface area contributed by atoms with Crippen LogP contribution in [-0.2, 0) is 4.79 Å². The summed E-state index contributed by atoms with van der Waals surface area (Å²) in [6.45, 7) is 0. The molecule has 1 amide bonds. The quantitative estimate of drug-likeness (QED) is 0.249. The van der Waals surface area contributed by atoms with E-state index in [4.69, 9.17) is 4.98 Å². The lowest BCUT2D eigenvalue weighted by atomic mass is 10.0. The van der Waals surface area contributed by atoms with Gasteiger partial charge < -0.3 is 5.32 Å². The molecule has 3 aromatic carbocycles. The first-order valence-electron chi connectivity index (χ1n) is 11.1. The van der Waals surface area contributed by atoms with Gasteiger partial charge in [-0.1, -0.05) is 103 Å². The van der Waals surface area contributed by atoms with Crippen molar-refractivity contribution in [1.82, 2.24) is 20.2 Å². The van der Waals surface area contributed by atoms with Crippen molar-refractivity contribution in [3.8, 4) is 33.8 Å².